The smallest absolute Gasteiger partial charge is 0.220 e. The van der Waals surface area contributed by atoms with Crippen LogP contribution in [0.2, 0.25) is 0 Å². The molecule has 8 atom stereocenters. The zero-order chi connectivity index (χ0) is 37.6. The molecule has 294 valence electrons. The molecule has 10 nitrogen and oxygen atoms in total. The Labute approximate surface area is 311 Å². The summed E-state index contributed by atoms with van der Waals surface area (Å²) in [4.78, 5) is 13.0. The number of benzene rings is 2. The van der Waals surface area contributed by atoms with Crippen LogP contribution in [0.4, 0.5) is 0 Å². The zero-order valence-electron chi connectivity index (χ0n) is 31.4. The van der Waals surface area contributed by atoms with Crippen LogP contribution in [0.1, 0.15) is 122 Å². The minimum absolute atomic E-state index is 0.227. The van der Waals surface area contributed by atoms with Crippen LogP contribution in [0.3, 0.4) is 0 Å². The second-order valence-corrected chi connectivity index (χ2v) is 14.6. The number of hydrogen-bond donors (Lipinski definition) is 7. The molecule has 2 aromatic carbocycles. The van der Waals surface area contributed by atoms with Crippen molar-refractivity contribution in [3.8, 4) is 11.1 Å². The van der Waals surface area contributed by atoms with E-state index in [0.29, 0.717) is 12.8 Å². The van der Waals surface area contributed by atoms with Gasteiger partial charge in [-0.1, -0.05) is 145 Å². The lowest BCUT2D eigenvalue weighted by atomic mass is 9.98. The Hall–Kier alpha value is -2.41. The van der Waals surface area contributed by atoms with Crippen molar-refractivity contribution in [2.75, 3.05) is 13.2 Å². The van der Waals surface area contributed by atoms with Gasteiger partial charge in [0, 0.05) is 6.42 Å². The van der Waals surface area contributed by atoms with Gasteiger partial charge in [-0.2, -0.15) is 0 Å². The molecule has 1 heterocycles. The molecule has 0 radical (unpaired) electrons. The quantitative estimate of drug-likeness (QED) is 0.0582. The van der Waals surface area contributed by atoms with Crippen molar-refractivity contribution in [2.24, 2.45) is 0 Å². The van der Waals surface area contributed by atoms with E-state index in [1.54, 1.807) is 0 Å². The maximum absolute atomic E-state index is 13.0. The van der Waals surface area contributed by atoms with Gasteiger partial charge in [-0.15, -0.1) is 0 Å². The summed E-state index contributed by atoms with van der Waals surface area (Å²) in [5.41, 5.74) is 3.59. The van der Waals surface area contributed by atoms with E-state index in [9.17, 15) is 35.4 Å². The Bertz CT molecular complexity index is 1200. The summed E-state index contributed by atoms with van der Waals surface area (Å²) >= 11 is 0. The van der Waals surface area contributed by atoms with Gasteiger partial charge in [0.15, 0.2) is 6.29 Å². The molecule has 0 saturated carbocycles. The Kier molecular flexibility index (Phi) is 21.6. The molecule has 0 unspecified atom stereocenters. The van der Waals surface area contributed by atoms with Crippen LogP contribution in [0.15, 0.2) is 54.6 Å². The van der Waals surface area contributed by atoms with Gasteiger partial charge in [0.25, 0.3) is 0 Å². The first-order valence-electron chi connectivity index (χ1n) is 20.0. The first kappa shape index (κ1) is 44.0. The predicted molar refractivity (Wildman–Crippen MR) is 203 cm³/mol. The topological polar surface area (TPSA) is 169 Å². The van der Waals surface area contributed by atoms with Crippen molar-refractivity contribution in [3.63, 3.8) is 0 Å². The molecule has 1 fully saturated rings. The van der Waals surface area contributed by atoms with E-state index in [0.717, 1.165) is 44.9 Å². The van der Waals surface area contributed by atoms with E-state index in [4.69, 9.17) is 9.47 Å². The summed E-state index contributed by atoms with van der Waals surface area (Å²) in [6, 6.07) is 17.7. The van der Waals surface area contributed by atoms with Crippen LogP contribution >= 0.6 is 0 Å². The monoisotopic (exact) mass is 729 g/mol. The number of unbranched alkanes of at least 4 members (excludes halogenated alkanes) is 13. The number of hydrogen-bond acceptors (Lipinski definition) is 9. The van der Waals surface area contributed by atoms with E-state index in [-0.39, 0.29) is 18.9 Å². The number of nitrogens with one attached hydrogen (secondary N) is 1. The molecule has 0 aliphatic carbocycles. The van der Waals surface area contributed by atoms with E-state index >= 15 is 0 Å². The number of amides is 1. The minimum atomic E-state index is -1.62. The second-order valence-electron chi connectivity index (χ2n) is 14.6. The zero-order valence-corrected chi connectivity index (χ0v) is 31.4. The summed E-state index contributed by atoms with van der Waals surface area (Å²) in [6.07, 6.45) is 8.30. The third-order valence-electron chi connectivity index (χ3n) is 10.2. The highest BCUT2D eigenvalue weighted by molar-refractivity contribution is 5.76. The number of carbonyl (C=O) groups excluding carboxylic acids is 1. The fourth-order valence-corrected chi connectivity index (χ4v) is 6.83. The number of rotatable bonds is 27. The van der Waals surface area contributed by atoms with E-state index in [1.165, 1.54) is 68.1 Å². The van der Waals surface area contributed by atoms with Crippen LogP contribution in [-0.2, 0) is 20.7 Å². The molecule has 52 heavy (non-hydrogen) atoms. The molecular formula is C42H67NO9. The Morgan fingerprint density at radius 1 is 0.731 bits per heavy atom. The largest absolute Gasteiger partial charge is 0.394 e. The number of aryl methyl sites for hydroxylation is 1. The van der Waals surface area contributed by atoms with Gasteiger partial charge in [0.1, 0.15) is 30.5 Å². The summed E-state index contributed by atoms with van der Waals surface area (Å²) in [7, 11) is 0. The molecular weight excluding hydrogens is 662 g/mol. The molecule has 0 bridgehead atoms. The molecule has 2 aromatic rings. The summed E-state index contributed by atoms with van der Waals surface area (Å²) in [5.74, 6) is -0.300. The maximum Gasteiger partial charge on any atom is 0.220 e. The van der Waals surface area contributed by atoms with Crippen LogP contribution in [0, 0.1) is 0 Å². The van der Waals surface area contributed by atoms with Crippen LogP contribution in [-0.4, -0.2) is 98.7 Å². The highest BCUT2D eigenvalue weighted by atomic mass is 16.7. The number of aliphatic hydroxyl groups excluding tert-OH is 6. The Morgan fingerprint density at radius 2 is 1.31 bits per heavy atom. The molecule has 0 aromatic heterocycles. The van der Waals surface area contributed by atoms with Gasteiger partial charge in [-0.05, 0) is 42.4 Å². The minimum Gasteiger partial charge on any atom is -0.394 e. The SMILES string of the molecule is CCCCCCCCCCCCCC[C@@H](O)[C@@H](O)[C@H](CO[C@H]1O[C@H](CO)[C@H](O)[C@H](O)[C@H]1O)NC(=O)CCCCCc1ccc(-c2ccccc2)cc1. The number of aliphatic hydroxyl groups is 6. The molecule has 1 saturated heterocycles. The lowest BCUT2D eigenvalue weighted by Gasteiger charge is -2.40. The highest BCUT2D eigenvalue weighted by Crippen LogP contribution is 2.23. The lowest BCUT2D eigenvalue weighted by molar-refractivity contribution is -0.303. The van der Waals surface area contributed by atoms with Gasteiger partial charge in [0.2, 0.25) is 5.91 Å². The van der Waals surface area contributed by atoms with Crippen LogP contribution in [0.5, 0.6) is 0 Å². The summed E-state index contributed by atoms with van der Waals surface area (Å²) in [5, 5.41) is 65.0. The molecule has 1 aliphatic rings. The average molecular weight is 730 g/mol. The van der Waals surface area contributed by atoms with Gasteiger partial charge < -0.3 is 45.4 Å². The fourth-order valence-electron chi connectivity index (χ4n) is 6.83. The van der Waals surface area contributed by atoms with Crippen molar-refractivity contribution in [2.45, 2.75) is 171 Å². The normalized spacial score (nSPS) is 22.2. The number of carbonyl (C=O) groups is 1. The van der Waals surface area contributed by atoms with Gasteiger partial charge in [-0.3, -0.25) is 4.79 Å². The van der Waals surface area contributed by atoms with Gasteiger partial charge in [-0.25, -0.2) is 0 Å². The maximum atomic E-state index is 13.0. The summed E-state index contributed by atoms with van der Waals surface area (Å²) < 4.78 is 11.1. The van der Waals surface area contributed by atoms with Crippen molar-refractivity contribution >= 4 is 5.91 Å². The molecule has 0 spiro atoms. The van der Waals surface area contributed by atoms with E-state index in [1.807, 2.05) is 18.2 Å². The van der Waals surface area contributed by atoms with Crippen molar-refractivity contribution in [1.29, 1.82) is 0 Å². The van der Waals surface area contributed by atoms with E-state index in [2.05, 4.69) is 48.6 Å². The lowest BCUT2D eigenvalue weighted by Crippen LogP contribution is -2.60. The van der Waals surface area contributed by atoms with Crippen molar-refractivity contribution in [3.05, 3.63) is 60.2 Å². The van der Waals surface area contributed by atoms with Gasteiger partial charge >= 0.3 is 0 Å². The molecule has 10 heteroatoms. The van der Waals surface area contributed by atoms with E-state index < -0.39 is 55.6 Å². The second kappa shape index (κ2) is 25.6. The van der Waals surface area contributed by atoms with Crippen molar-refractivity contribution in [1.82, 2.24) is 5.32 Å². The standard InChI is InChI=1S/C42H67NO9/c1-2-3-4-5-6-7-8-9-10-11-12-18-23-35(45)38(47)34(30-51-42-41(50)40(49)39(48)36(29-44)52-42)43-37(46)24-19-13-15-20-31-25-27-33(28-26-31)32-21-16-14-17-22-32/h14,16-17,21-22,25-28,34-36,38-42,44-45,47-50H,2-13,15,18-20,23-24,29-30H2,1H3,(H,43,46)/t34-,35+,36+,38-,39-,40-,41+,42-/m0/s1. The molecule has 3 rings (SSSR count). The summed E-state index contributed by atoms with van der Waals surface area (Å²) in [6.45, 7) is 1.30. The first-order valence-corrected chi connectivity index (χ1v) is 20.0. The third kappa shape index (κ3) is 15.9. The van der Waals surface area contributed by atoms with Gasteiger partial charge in [0.05, 0.1) is 25.4 Å². The molecule has 7 N–H and O–H groups in total. The Balaban J connectivity index is 1.42. The Morgan fingerprint density at radius 3 is 1.92 bits per heavy atom. The predicted octanol–water partition coefficient (Wildman–Crippen LogP) is 5.57. The average Bonchev–Trinajstić information content (AvgIpc) is 3.16. The van der Waals surface area contributed by atoms with Crippen molar-refractivity contribution < 1.29 is 44.9 Å². The number of ether oxygens (including phenoxy) is 2. The molecule has 1 amide bonds. The van der Waals surface area contributed by atoms with Crippen LogP contribution in [0.25, 0.3) is 11.1 Å². The van der Waals surface area contributed by atoms with Crippen LogP contribution < -0.4 is 5.32 Å². The first-order chi connectivity index (χ1) is 25.2. The fraction of sp³-hybridized carbons (Fsp3) is 0.690. The third-order valence-corrected chi connectivity index (χ3v) is 10.2. The molecule has 1 aliphatic heterocycles. The highest BCUT2D eigenvalue weighted by Gasteiger charge is 2.44.